The molecule has 0 saturated heterocycles. The standard InChI is InChI=1S/C17H20BrNO2/c18-17-8-12-5-13(9-17)7-16(6-12,11-17)15(20)21-10-14-3-1-2-4-19-14/h1-4,12-13H,5-11H2. The number of hydrogen-bond donors (Lipinski definition) is 0. The van der Waals surface area contributed by atoms with Crippen molar-refractivity contribution in [2.24, 2.45) is 17.3 Å². The number of pyridine rings is 1. The van der Waals surface area contributed by atoms with Gasteiger partial charge in [-0.1, -0.05) is 22.0 Å². The van der Waals surface area contributed by atoms with Crippen molar-refractivity contribution in [3.05, 3.63) is 30.1 Å². The van der Waals surface area contributed by atoms with E-state index in [-0.39, 0.29) is 15.7 Å². The first-order chi connectivity index (χ1) is 10.1. The molecule has 5 rings (SSSR count). The van der Waals surface area contributed by atoms with Crippen molar-refractivity contribution < 1.29 is 9.53 Å². The zero-order valence-electron chi connectivity index (χ0n) is 12.1. The van der Waals surface area contributed by atoms with Crippen LogP contribution in [-0.4, -0.2) is 15.3 Å². The Bertz CT molecular complexity index is 545. The summed E-state index contributed by atoms with van der Waals surface area (Å²) in [5, 5.41) is 0. The lowest BCUT2D eigenvalue weighted by atomic mass is 9.49. The first kappa shape index (κ1) is 13.7. The number of aromatic nitrogens is 1. The lowest BCUT2D eigenvalue weighted by Crippen LogP contribution is -2.56. The predicted molar refractivity (Wildman–Crippen MR) is 82.8 cm³/mol. The van der Waals surface area contributed by atoms with Crippen molar-refractivity contribution in [1.82, 2.24) is 4.98 Å². The lowest BCUT2D eigenvalue weighted by molar-refractivity contribution is -0.171. The second-order valence-electron chi connectivity index (χ2n) is 7.29. The average Bonchev–Trinajstić information content (AvgIpc) is 2.43. The average molecular weight is 350 g/mol. The highest BCUT2D eigenvalue weighted by molar-refractivity contribution is 9.10. The summed E-state index contributed by atoms with van der Waals surface area (Å²) in [5.74, 6) is 1.41. The topological polar surface area (TPSA) is 39.2 Å². The summed E-state index contributed by atoms with van der Waals surface area (Å²) >= 11 is 3.94. The molecule has 4 bridgehead atoms. The molecule has 4 saturated carbocycles. The molecule has 0 N–H and O–H groups in total. The molecule has 4 aliphatic carbocycles. The van der Waals surface area contributed by atoms with Crippen molar-refractivity contribution in [3.8, 4) is 0 Å². The largest absolute Gasteiger partial charge is 0.459 e. The molecule has 0 amide bonds. The van der Waals surface area contributed by atoms with Crippen LogP contribution in [0, 0.1) is 17.3 Å². The van der Waals surface area contributed by atoms with Gasteiger partial charge in [-0.05, 0) is 62.5 Å². The first-order valence-electron chi connectivity index (χ1n) is 7.83. The molecule has 2 unspecified atom stereocenters. The maximum Gasteiger partial charge on any atom is 0.312 e. The fourth-order valence-electron chi connectivity index (χ4n) is 5.17. The van der Waals surface area contributed by atoms with Crippen molar-refractivity contribution in [2.45, 2.75) is 49.5 Å². The minimum atomic E-state index is -0.234. The molecule has 4 aliphatic rings. The molecule has 4 heteroatoms. The van der Waals surface area contributed by atoms with Gasteiger partial charge in [0.15, 0.2) is 0 Å². The highest BCUT2D eigenvalue weighted by atomic mass is 79.9. The molecule has 0 aromatic carbocycles. The van der Waals surface area contributed by atoms with Gasteiger partial charge in [-0.2, -0.15) is 0 Å². The predicted octanol–water partition coefficient (Wildman–Crippen LogP) is 3.86. The van der Waals surface area contributed by atoms with Crippen LogP contribution in [0.15, 0.2) is 24.4 Å². The third kappa shape index (κ3) is 2.41. The van der Waals surface area contributed by atoms with Crippen LogP contribution in [0.4, 0.5) is 0 Å². The van der Waals surface area contributed by atoms with Crippen LogP contribution < -0.4 is 0 Å². The van der Waals surface area contributed by atoms with E-state index in [0.717, 1.165) is 25.0 Å². The van der Waals surface area contributed by atoms with Gasteiger partial charge >= 0.3 is 5.97 Å². The zero-order valence-corrected chi connectivity index (χ0v) is 13.6. The molecule has 4 fully saturated rings. The molecule has 3 nitrogen and oxygen atoms in total. The van der Waals surface area contributed by atoms with Gasteiger partial charge < -0.3 is 4.74 Å². The van der Waals surface area contributed by atoms with Crippen LogP contribution in [0.2, 0.25) is 0 Å². The van der Waals surface area contributed by atoms with Crippen molar-refractivity contribution in [1.29, 1.82) is 0 Å². The summed E-state index contributed by atoms with van der Waals surface area (Å²) in [6, 6.07) is 5.70. The molecular formula is C17H20BrNO2. The minimum Gasteiger partial charge on any atom is -0.459 e. The fraction of sp³-hybridized carbons (Fsp3) is 0.647. The van der Waals surface area contributed by atoms with E-state index >= 15 is 0 Å². The van der Waals surface area contributed by atoms with E-state index in [4.69, 9.17) is 4.74 Å². The van der Waals surface area contributed by atoms with Gasteiger partial charge in [0.1, 0.15) is 6.61 Å². The zero-order chi connectivity index (χ0) is 14.5. The summed E-state index contributed by atoms with van der Waals surface area (Å²) < 4.78 is 5.83. The number of hydrogen-bond acceptors (Lipinski definition) is 3. The Balaban J connectivity index is 1.49. The Kier molecular flexibility index (Phi) is 3.14. The van der Waals surface area contributed by atoms with E-state index in [1.54, 1.807) is 6.20 Å². The number of carbonyl (C=O) groups is 1. The highest BCUT2D eigenvalue weighted by Crippen LogP contribution is 2.64. The quantitative estimate of drug-likeness (QED) is 0.614. The maximum atomic E-state index is 12.7. The normalized spacial score (nSPS) is 40.2. The van der Waals surface area contributed by atoms with E-state index in [9.17, 15) is 4.79 Å². The van der Waals surface area contributed by atoms with Crippen LogP contribution in [0.25, 0.3) is 0 Å². The second-order valence-corrected chi connectivity index (χ2v) is 8.97. The number of ether oxygens (including phenoxy) is 1. The summed E-state index contributed by atoms with van der Waals surface area (Å²) in [6.45, 7) is 0.298. The molecule has 0 aliphatic heterocycles. The molecule has 2 atom stereocenters. The first-order valence-corrected chi connectivity index (χ1v) is 8.62. The Morgan fingerprint density at radius 1 is 1.29 bits per heavy atom. The van der Waals surface area contributed by atoms with Crippen LogP contribution in [0.5, 0.6) is 0 Å². The molecular weight excluding hydrogens is 330 g/mol. The monoisotopic (exact) mass is 349 g/mol. The Labute approximate surface area is 133 Å². The molecule has 112 valence electrons. The van der Waals surface area contributed by atoms with Gasteiger partial charge in [-0.3, -0.25) is 9.78 Å². The Hall–Kier alpha value is -0.900. The molecule has 1 aromatic rings. The van der Waals surface area contributed by atoms with E-state index in [2.05, 4.69) is 20.9 Å². The SMILES string of the molecule is O=C(OCc1ccccn1)C12CC3CC(CC(Br)(C3)C1)C2. The fourth-order valence-corrected chi connectivity index (χ4v) is 6.62. The van der Waals surface area contributed by atoms with Gasteiger partial charge in [0.2, 0.25) is 0 Å². The number of nitrogens with zero attached hydrogens (tertiary/aromatic N) is 1. The van der Waals surface area contributed by atoms with Gasteiger partial charge in [0, 0.05) is 10.5 Å². The summed E-state index contributed by atoms with van der Waals surface area (Å²) in [7, 11) is 0. The van der Waals surface area contributed by atoms with Crippen LogP contribution in [0.3, 0.4) is 0 Å². The third-order valence-corrected chi connectivity index (χ3v) is 6.43. The minimum absolute atomic E-state index is 0.00563. The van der Waals surface area contributed by atoms with Gasteiger partial charge in [0.25, 0.3) is 0 Å². The highest BCUT2D eigenvalue weighted by Gasteiger charge is 2.60. The summed E-state index contributed by atoms with van der Waals surface area (Å²) in [4.78, 5) is 17.0. The van der Waals surface area contributed by atoms with Crippen LogP contribution >= 0.6 is 15.9 Å². The third-order valence-electron chi connectivity index (χ3n) is 5.50. The van der Waals surface area contributed by atoms with E-state index in [0.29, 0.717) is 18.4 Å². The number of alkyl halides is 1. The van der Waals surface area contributed by atoms with Gasteiger partial charge in [-0.25, -0.2) is 0 Å². The van der Waals surface area contributed by atoms with Crippen LogP contribution in [0.1, 0.15) is 44.2 Å². The smallest absolute Gasteiger partial charge is 0.312 e. The Morgan fingerprint density at radius 2 is 2.05 bits per heavy atom. The van der Waals surface area contributed by atoms with E-state index in [1.807, 2.05) is 18.2 Å². The summed E-state index contributed by atoms with van der Waals surface area (Å²) in [6.07, 6.45) is 8.52. The number of esters is 1. The summed E-state index contributed by atoms with van der Waals surface area (Å²) in [5.41, 5.74) is 0.590. The van der Waals surface area contributed by atoms with Crippen molar-refractivity contribution >= 4 is 21.9 Å². The van der Waals surface area contributed by atoms with Crippen molar-refractivity contribution in [2.75, 3.05) is 0 Å². The van der Waals surface area contributed by atoms with Crippen LogP contribution in [-0.2, 0) is 16.1 Å². The maximum absolute atomic E-state index is 12.7. The second kappa shape index (κ2) is 4.80. The number of halogens is 1. The van der Waals surface area contributed by atoms with E-state index in [1.165, 1.54) is 19.3 Å². The number of rotatable bonds is 3. The molecule has 1 aromatic heterocycles. The molecule has 1 heterocycles. The van der Waals surface area contributed by atoms with Gasteiger partial charge in [-0.15, -0.1) is 0 Å². The molecule has 0 radical (unpaired) electrons. The van der Waals surface area contributed by atoms with Crippen molar-refractivity contribution in [3.63, 3.8) is 0 Å². The number of carbonyl (C=O) groups excluding carboxylic acids is 1. The van der Waals surface area contributed by atoms with Gasteiger partial charge in [0.05, 0.1) is 11.1 Å². The van der Waals surface area contributed by atoms with E-state index < -0.39 is 0 Å². The Morgan fingerprint density at radius 3 is 2.67 bits per heavy atom. The molecule has 21 heavy (non-hydrogen) atoms. The lowest BCUT2D eigenvalue weighted by Gasteiger charge is -2.58. The molecule has 0 spiro atoms.